The van der Waals surface area contributed by atoms with Crippen LogP contribution >= 0.6 is 11.6 Å². The number of nitrogens with zero attached hydrogens (tertiary/aromatic N) is 3. The second kappa shape index (κ2) is 8.38. The van der Waals surface area contributed by atoms with Crippen LogP contribution in [0.4, 0.5) is 10.5 Å². The first-order valence-electron chi connectivity index (χ1n) is 10.5. The SMILES string of the molecule is CC(C)(C)[C@@H](NC(=O)Nc1ccc(Cl)cc1)C(=O)N1CCC(n2cc3[nH]ccn3c2=O)C1. The lowest BCUT2D eigenvalue weighted by molar-refractivity contribution is -0.134. The molecule has 1 aliphatic heterocycles. The predicted octanol–water partition coefficient (Wildman–Crippen LogP) is 3.09. The highest BCUT2D eigenvalue weighted by atomic mass is 35.5. The minimum Gasteiger partial charge on any atom is -0.345 e. The van der Waals surface area contributed by atoms with Crippen LogP contribution in [0.15, 0.2) is 47.7 Å². The summed E-state index contributed by atoms with van der Waals surface area (Å²) in [6, 6.07) is 5.44. The number of amides is 3. The Morgan fingerprint density at radius 3 is 2.59 bits per heavy atom. The zero-order valence-corrected chi connectivity index (χ0v) is 19.0. The topological polar surface area (TPSA) is 104 Å². The van der Waals surface area contributed by atoms with E-state index in [1.54, 1.807) is 56.7 Å². The van der Waals surface area contributed by atoms with Crippen molar-refractivity contribution in [3.8, 4) is 0 Å². The number of rotatable bonds is 4. The number of urea groups is 1. The summed E-state index contributed by atoms with van der Waals surface area (Å²) in [6.07, 6.45) is 5.85. The van der Waals surface area contributed by atoms with Crippen molar-refractivity contribution in [2.75, 3.05) is 18.4 Å². The molecule has 3 heterocycles. The number of aromatic amines is 1. The van der Waals surface area contributed by atoms with Gasteiger partial charge in [0.25, 0.3) is 0 Å². The first kappa shape index (κ1) is 22.0. The lowest BCUT2D eigenvalue weighted by Gasteiger charge is -2.33. The van der Waals surface area contributed by atoms with E-state index in [0.29, 0.717) is 35.9 Å². The van der Waals surface area contributed by atoms with E-state index in [1.807, 2.05) is 20.8 Å². The van der Waals surface area contributed by atoms with E-state index in [0.717, 1.165) is 0 Å². The van der Waals surface area contributed by atoms with Crippen LogP contribution in [-0.2, 0) is 4.79 Å². The van der Waals surface area contributed by atoms with Gasteiger partial charge >= 0.3 is 11.7 Å². The molecule has 0 radical (unpaired) electrons. The molecule has 0 aliphatic carbocycles. The molecule has 2 atom stereocenters. The standard InChI is InChI=1S/C22H27ClN6O3/c1-22(2,3)18(26-20(31)25-15-6-4-14(23)5-7-15)19(30)27-10-8-16(12-27)29-13-17-24-9-11-28(17)21(29)32/h4-7,9,11,13,16,18,24H,8,10,12H2,1-3H3,(H2,25,26,31)/t16?,18-/m0/s1. The van der Waals surface area contributed by atoms with E-state index in [2.05, 4.69) is 15.6 Å². The summed E-state index contributed by atoms with van der Waals surface area (Å²) in [6.45, 7) is 6.66. The molecule has 32 heavy (non-hydrogen) atoms. The highest BCUT2D eigenvalue weighted by Gasteiger charge is 2.39. The number of hydrogen-bond donors (Lipinski definition) is 3. The molecule has 1 aromatic carbocycles. The zero-order chi connectivity index (χ0) is 23.0. The fourth-order valence-corrected chi connectivity index (χ4v) is 4.14. The third-order valence-corrected chi connectivity index (χ3v) is 6.01. The molecule has 1 unspecified atom stereocenters. The first-order valence-corrected chi connectivity index (χ1v) is 10.9. The number of carbonyl (C=O) groups excluding carboxylic acids is 2. The molecular formula is C22H27ClN6O3. The predicted molar refractivity (Wildman–Crippen MR) is 123 cm³/mol. The van der Waals surface area contributed by atoms with Crippen LogP contribution in [0.2, 0.25) is 5.02 Å². The average molecular weight is 459 g/mol. The Bertz CT molecular complexity index is 1190. The first-order chi connectivity index (χ1) is 15.1. The summed E-state index contributed by atoms with van der Waals surface area (Å²) < 4.78 is 3.22. The van der Waals surface area contributed by atoms with Gasteiger partial charge in [0.2, 0.25) is 5.91 Å². The number of H-pyrrole nitrogens is 1. The number of likely N-dealkylation sites (tertiary alicyclic amines) is 1. The Labute approximate surface area is 190 Å². The molecule has 10 heteroatoms. The smallest absolute Gasteiger partial charge is 0.334 e. The maximum absolute atomic E-state index is 13.4. The van der Waals surface area contributed by atoms with E-state index in [4.69, 9.17) is 11.6 Å². The van der Waals surface area contributed by atoms with Gasteiger partial charge in [-0.1, -0.05) is 32.4 Å². The van der Waals surface area contributed by atoms with Crippen LogP contribution in [0.5, 0.6) is 0 Å². The summed E-state index contributed by atoms with van der Waals surface area (Å²) >= 11 is 5.89. The number of imidazole rings is 2. The van der Waals surface area contributed by atoms with Gasteiger partial charge < -0.3 is 20.5 Å². The number of benzene rings is 1. The van der Waals surface area contributed by atoms with Crippen molar-refractivity contribution in [3.63, 3.8) is 0 Å². The van der Waals surface area contributed by atoms with Gasteiger partial charge in [0.1, 0.15) is 11.7 Å². The number of halogens is 1. The molecule has 3 aromatic rings. The molecule has 1 saturated heterocycles. The monoisotopic (exact) mass is 458 g/mol. The summed E-state index contributed by atoms with van der Waals surface area (Å²) in [7, 11) is 0. The van der Waals surface area contributed by atoms with Crippen LogP contribution in [0.3, 0.4) is 0 Å². The molecule has 1 aliphatic rings. The maximum atomic E-state index is 13.4. The Kier molecular flexibility index (Phi) is 5.77. The minimum atomic E-state index is -0.728. The molecule has 1 fully saturated rings. The van der Waals surface area contributed by atoms with E-state index < -0.39 is 17.5 Å². The molecule has 0 saturated carbocycles. The van der Waals surface area contributed by atoms with Crippen LogP contribution < -0.4 is 16.3 Å². The van der Waals surface area contributed by atoms with Crippen molar-refractivity contribution in [1.29, 1.82) is 0 Å². The fourth-order valence-electron chi connectivity index (χ4n) is 4.02. The largest absolute Gasteiger partial charge is 0.345 e. The molecule has 2 aromatic heterocycles. The van der Waals surface area contributed by atoms with Crippen LogP contribution in [0.25, 0.3) is 5.65 Å². The van der Waals surface area contributed by atoms with Crippen LogP contribution in [0.1, 0.15) is 33.2 Å². The summed E-state index contributed by atoms with van der Waals surface area (Å²) in [5.41, 5.74) is 0.661. The molecule has 4 rings (SSSR count). The van der Waals surface area contributed by atoms with Gasteiger partial charge in [-0.3, -0.25) is 13.8 Å². The van der Waals surface area contributed by atoms with Gasteiger partial charge in [0, 0.05) is 36.2 Å². The van der Waals surface area contributed by atoms with Gasteiger partial charge in [0.15, 0.2) is 0 Å². The molecule has 3 N–H and O–H groups in total. The minimum absolute atomic E-state index is 0.108. The highest BCUT2D eigenvalue weighted by Crippen LogP contribution is 2.26. The second-order valence-electron chi connectivity index (χ2n) is 9.17. The average Bonchev–Trinajstić information content (AvgIpc) is 3.44. The number of anilines is 1. The molecule has 0 bridgehead atoms. The second-order valence-corrected chi connectivity index (χ2v) is 9.60. The molecule has 3 amide bonds. The quantitative estimate of drug-likeness (QED) is 0.559. The van der Waals surface area contributed by atoms with Gasteiger partial charge in [-0.15, -0.1) is 0 Å². The van der Waals surface area contributed by atoms with Crippen molar-refractivity contribution in [3.05, 3.63) is 58.4 Å². The van der Waals surface area contributed by atoms with Crippen molar-refractivity contribution in [2.24, 2.45) is 5.41 Å². The number of hydrogen-bond acceptors (Lipinski definition) is 3. The van der Waals surface area contributed by atoms with E-state index >= 15 is 0 Å². The number of aromatic nitrogens is 3. The van der Waals surface area contributed by atoms with Crippen LogP contribution in [0, 0.1) is 5.41 Å². The van der Waals surface area contributed by atoms with Gasteiger partial charge in [-0.2, -0.15) is 0 Å². The van der Waals surface area contributed by atoms with Crippen molar-refractivity contribution < 1.29 is 9.59 Å². The van der Waals surface area contributed by atoms with E-state index in [9.17, 15) is 14.4 Å². The maximum Gasteiger partial charge on any atom is 0.334 e. The van der Waals surface area contributed by atoms with Crippen molar-refractivity contribution in [1.82, 2.24) is 24.2 Å². The Balaban J connectivity index is 1.45. The molecule has 0 spiro atoms. The summed E-state index contributed by atoms with van der Waals surface area (Å²) in [5.74, 6) is -0.163. The van der Waals surface area contributed by atoms with E-state index in [1.165, 1.54) is 0 Å². The third kappa shape index (κ3) is 4.38. The van der Waals surface area contributed by atoms with Crippen LogP contribution in [-0.4, -0.2) is 49.9 Å². The Hall–Kier alpha value is -3.20. The number of nitrogens with one attached hydrogen (secondary N) is 3. The fraction of sp³-hybridized carbons (Fsp3) is 0.409. The number of carbonyl (C=O) groups is 2. The normalized spacial score (nSPS) is 17.5. The Morgan fingerprint density at radius 1 is 1.22 bits per heavy atom. The van der Waals surface area contributed by atoms with Gasteiger partial charge in [-0.05, 0) is 36.1 Å². The van der Waals surface area contributed by atoms with Gasteiger partial charge in [0.05, 0.1) is 12.2 Å². The Morgan fingerprint density at radius 2 is 1.94 bits per heavy atom. The number of fused-ring (bicyclic) bond motifs is 1. The molecule has 9 nitrogen and oxygen atoms in total. The van der Waals surface area contributed by atoms with Crippen molar-refractivity contribution >= 4 is 34.9 Å². The lowest BCUT2D eigenvalue weighted by Crippen LogP contribution is -2.55. The summed E-state index contributed by atoms with van der Waals surface area (Å²) in [5, 5.41) is 6.14. The zero-order valence-electron chi connectivity index (χ0n) is 18.3. The highest BCUT2D eigenvalue weighted by molar-refractivity contribution is 6.30. The van der Waals surface area contributed by atoms with Gasteiger partial charge in [-0.25, -0.2) is 9.59 Å². The summed E-state index contributed by atoms with van der Waals surface area (Å²) in [4.78, 5) is 43.3. The molecule has 170 valence electrons. The van der Waals surface area contributed by atoms with E-state index in [-0.39, 0.29) is 17.6 Å². The third-order valence-electron chi connectivity index (χ3n) is 5.76. The molecular weight excluding hydrogens is 432 g/mol. The van der Waals surface area contributed by atoms with Crippen molar-refractivity contribution in [2.45, 2.75) is 39.3 Å². The lowest BCUT2D eigenvalue weighted by atomic mass is 9.86.